The lowest BCUT2D eigenvalue weighted by atomic mass is 10.1. The normalized spacial score (nSPS) is 18.8. The molecule has 0 bridgehead atoms. The molecule has 2 rings (SSSR count). The first kappa shape index (κ1) is 7.60. The van der Waals surface area contributed by atoms with E-state index in [9.17, 15) is 4.79 Å². The van der Waals surface area contributed by atoms with Gasteiger partial charge in [0.25, 0.3) is 0 Å². The Morgan fingerprint density at radius 1 is 1.67 bits per heavy atom. The predicted octanol–water partition coefficient (Wildman–Crippen LogP) is 0.138. The van der Waals surface area contributed by atoms with Gasteiger partial charge in [-0.15, -0.1) is 5.10 Å². The number of rotatable bonds is 2. The quantitative estimate of drug-likeness (QED) is 0.613. The van der Waals surface area contributed by atoms with Crippen LogP contribution in [-0.4, -0.2) is 27.9 Å². The third-order valence-corrected chi connectivity index (χ3v) is 2.83. The van der Waals surface area contributed by atoms with Gasteiger partial charge in [0, 0.05) is 11.5 Å². The van der Waals surface area contributed by atoms with E-state index in [1.807, 2.05) is 0 Å². The van der Waals surface area contributed by atoms with Gasteiger partial charge >= 0.3 is 5.97 Å². The molecule has 0 amide bonds. The summed E-state index contributed by atoms with van der Waals surface area (Å²) >= 11 is 1.16. The number of hydrogen-bond donors (Lipinski definition) is 0. The highest BCUT2D eigenvalue weighted by Gasteiger charge is 2.55. The molecule has 1 aromatic heterocycles. The van der Waals surface area contributed by atoms with Crippen LogP contribution in [0.1, 0.15) is 17.8 Å². The molecule has 1 aliphatic rings. The zero-order valence-electron chi connectivity index (χ0n) is 6.48. The maximum absolute atomic E-state index is 11.3. The van der Waals surface area contributed by atoms with Crippen molar-refractivity contribution in [3.63, 3.8) is 0 Å². The highest BCUT2D eigenvalue weighted by Crippen LogP contribution is 2.49. The number of carbonyl (C=O) groups excluding carboxylic acids is 1. The lowest BCUT2D eigenvalue weighted by Crippen LogP contribution is -2.21. The summed E-state index contributed by atoms with van der Waals surface area (Å²) in [6.07, 6.45) is 1.60. The Kier molecular flexibility index (Phi) is 1.57. The number of esters is 1. The average molecular weight is 185 g/mol. The van der Waals surface area contributed by atoms with E-state index in [-0.39, 0.29) is 5.97 Å². The summed E-state index contributed by atoms with van der Waals surface area (Å²) in [7, 11) is 1.39. The Labute approximate surface area is 72.9 Å². The van der Waals surface area contributed by atoms with Gasteiger partial charge in [-0.25, -0.2) is 0 Å². The van der Waals surface area contributed by atoms with E-state index in [0.29, 0.717) is 5.01 Å². The molecule has 0 unspecified atom stereocenters. The second-order valence-corrected chi connectivity index (χ2v) is 3.47. The van der Waals surface area contributed by atoms with Crippen LogP contribution in [-0.2, 0) is 14.9 Å². The van der Waals surface area contributed by atoms with Crippen molar-refractivity contribution in [1.82, 2.24) is 14.8 Å². The van der Waals surface area contributed by atoms with E-state index in [1.165, 1.54) is 7.11 Å². The minimum absolute atomic E-state index is 0.221. The molecule has 1 aliphatic carbocycles. The Morgan fingerprint density at radius 3 is 2.83 bits per heavy atom. The van der Waals surface area contributed by atoms with Crippen molar-refractivity contribution >= 4 is 17.5 Å². The Bertz CT molecular complexity index is 294. The Morgan fingerprint density at radius 2 is 2.42 bits per heavy atom. The van der Waals surface area contributed by atoms with Gasteiger partial charge < -0.3 is 4.74 Å². The highest BCUT2D eigenvalue weighted by molar-refractivity contribution is 7.05. The van der Waals surface area contributed by atoms with Crippen molar-refractivity contribution < 1.29 is 9.53 Å². The minimum atomic E-state index is -0.497. The molecule has 0 atom stereocenters. The van der Waals surface area contributed by atoms with Gasteiger partial charge in [0.15, 0.2) is 5.01 Å². The summed E-state index contributed by atoms with van der Waals surface area (Å²) in [5, 5.41) is 7.91. The van der Waals surface area contributed by atoms with E-state index in [1.54, 1.807) is 0 Å². The van der Waals surface area contributed by atoms with Crippen LogP contribution in [0.2, 0.25) is 0 Å². The van der Waals surface area contributed by atoms with E-state index < -0.39 is 5.41 Å². The first-order chi connectivity index (χ1) is 5.79. The molecule has 1 heterocycles. The second kappa shape index (κ2) is 2.48. The number of carbonyl (C=O) groups is 1. The van der Waals surface area contributed by atoms with Crippen molar-refractivity contribution in [3.05, 3.63) is 5.01 Å². The number of aromatic nitrogens is 3. The van der Waals surface area contributed by atoms with E-state index in [0.717, 1.165) is 24.4 Å². The van der Waals surface area contributed by atoms with Crippen molar-refractivity contribution in [2.75, 3.05) is 7.11 Å². The number of hydrogen-bond acceptors (Lipinski definition) is 6. The molecule has 6 heteroatoms. The van der Waals surface area contributed by atoms with Crippen LogP contribution in [0.5, 0.6) is 0 Å². The fraction of sp³-hybridized carbons (Fsp3) is 0.667. The van der Waals surface area contributed by atoms with Crippen LogP contribution in [0.15, 0.2) is 0 Å². The van der Waals surface area contributed by atoms with Gasteiger partial charge in [-0.05, 0) is 18.1 Å². The third kappa shape index (κ3) is 0.911. The summed E-state index contributed by atoms with van der Waals surface area (Å²) in [4.78, 5) is 11.3. The predicted molar refractivity (Wildman–Crippen MR) is 40.6 cm³/mol. The zero-order chi connectivity index (χ0) is 8.60. The summed E-state index contributed by atoms with van der Waals surface area (Å²) in [5.41, 5.74) is -0.497. The van der Waals surface area contributed by atoms with E-state index in [2.05, 4.69) is 19.5 Å². The summed E-state index contributed by atoms with van der Waals surface area (Å²) < 4.78 is 8.29. The molecule has 1 saturated carbocycles. The van der Waals surface area contributed by atoms with Gasteiger partial charge in [0.05, 0.1) is 7.11 Å². The molecule has 0 aromatic carbocycles. The van der Waals surface area contributed by atoms with Crippen LogP contribution < -0.4 is 0 Å². The van der Waals surface area contributed by atoms with Crippen molar-refractivity contribution in [2.45, 2.75) is 18.3 Å². The maximum atomic E-state index is 11.3. The molecule has 0 saturated heterocycles. The molecule has 1 fully saturated rings. The van der Waals surface area contributed by atoms with Crippen LogP contribution in [0, 0.1) is 0 Å². The smallest absolute Gasteiger partial charge is 0.318 e. The van der Waals surface area contributed by atoms with Gasteiger partial charge in [-0.2, -0.15) is 0 Å². The number of ether oxygens (including phenoxy) is 1. The van der Waals surface area contributed by atoms with Gasteiger partial charge in [-0.3, -0.25) is 4.79 Å². The van der Waals surface area contributed by atoms with Crippen molar-refractivity contribution in [3.8, 4) is 0 Å². The van der Waals surface area contributed by atoms with Crippen LogP contribution >= 0.6 is 11.5 Å². The van der Waals surface area contributed by atoms with Crippen molar-refractivity contribution in [1.29, 1.82) is 0 Å². The van der Waals surface area contributed by atoms with Gasteiger partial charge in [0.2, 0.25) is 0 Å². The van der Waals surface area contributed by atoms with Gasteiger partial charge in [-0.1, -0.05) is 4.49 Å². The lowest BCUT2D eigenvalue weighted by Gasteiger charge is -2.05. The molecule has 5 nitrogen and oxygen atoms in total. The lowest BCUT2D eigenvalue weighted by molar-refractivity contribution is -0.143. The zero-order valence-corrected chi connectivity index (χ0v) is 7.30. The molecular weight excluding hydrogens is 178 g/mol. The first-order valence-corrected chi connectivity index (χ1v) is 4.31. The average Bonchev–Trinajstić information content (AvgIpc) is 2.73. The molecule has 12 heavy (non-hydrogen) atoms. The van der Waals surface area contributed by atoms with Crippen LogP contribution in [0.3, 0.4) is 0 Å². The number of nitrogens with zero attached hydrogens (tertiary/aromatic N) is 3. The highest BCUT2D eigenvalue weighted by atomic mass is 32.1. The fourth-order valence-electron chi connectivity index (χ4n) is 1.14. The molecular formula is C6H7N3O2S. The molecule has 0 radical (unpaired) electrons. The maximum Gasteiger partial charge on any atom is 0.318 e. The number of methoxy groups -OCH3 is 1. The molecule has 64 valence electrons. The standard InChI is InChI=1S/C6H7N3O2S/c1-11-5(10)6(2-3-6)4-7-8-9-12-4/h2-3H2,1H3. The summed E-state index contributed by atoms with van der Waals surface area (Å²) in [5.74, 6) is -0.221. The molecule has 0 N–H and O–H groups in total. The Balaban J connectivity index is 2.28. The first-order valence-electron chi connectivity index (χ1n) is 3.53. The minimum Gasteiger partial charge on any atom is -0.468 e. The topological polar surface area (TPSA) is 65.0 Å². The van der Waals surface area contributed by atoms with Crippen LogP contribution in [0.25, 0.3) is 0 Å². The van der Waals surface area contributed by atoms with Gasteiger partial charge in [0.1, 0.15) is 5.41 Å². The Hall–Kier alpha value is -1.04. The summed E-state index contributed by atoms with van der Waals surface area (Å²) in [6.45, 7) is 0. The summed E-state index contributed by atoms with van der Waals surface area (Å²) in [6, 6.07) is 0. The molecule has 0 aliphatic heterocycles. The van der Waals surface area contributed by atoms with Crippen molar-refractivity contribution in [2.24, 2.45) is 0 Å². The largest absolute Gasteiger partial charge is 0.468 e. The monoisotopic (exact) mass is 185 g/mol. The third-order valence-electron chi connectivity index (χ3n) is 2.03. The fourth-order valence-corrected chi connectivity index (χ4v) is 1.83. The second-order valence-electron chi connectivity index (χ2n) is 2.74. The van der Waals surface area contributed by atoms with Crippen LogP contribution in [0.4, 0.5) is 0 Å². The molecule has 0 spiro atoms. The van der Waals surface area contributed by atoms with E-state index in [4.69, 9.17) is 0 Å². The SMILES string of the molecule is COC(=O)C1(c2nnns2)CC1. The van der Waals surface area contributed by atoms with E-state index >= 15 is 0 Å². The molecule has 1 aromatic rings.